The molecule has 1 N–H and O–H groups in total. The minimum absolute atomic E-state index is 0.0378. The number of amides is 1. The molecule has 0 unspecified atom stereocenters. The molecule has 2 aromatic carbocycles. The van der Waals surface area contributed by atoms with Gasteiger partial charge in [-0.3, -0.25) is 4.79 Å². The molecule has 1 amide bonds. The van der Waals surface area contributed by atoms with Gasteiger partial charge in [-0.2, -0.15) is 10.1 Å². The van der Waals surface area contributed by atoms with Crippen LogP contribution in [0.2, 0.25) is 0 Å². The summed E-state index contributed by atoms with van der Waals surface area (Å²) in [5.41, 5.74) is 3.78. The van der Waals surface area contributed by atoms with Crippen LogP contribution in [0.1, 0.15) is 28.9 Å². The first-order chi connectivity index (χ1) is 15.0. The zero-order valence-electron chi connectivity index (χ0n) is 17.3. The lowest BCUT2D eigenvalue weighted by Crippen LogP contribution is -2.23. The Balaban J connectivity index is 1.29. The topological polar surface area (TPSA) is 81.4 Å². The first-order valence-electron chi connectivity index (χ1n) is 9.94. The summed E-state index contributed by atoms with van der Waals surface area (Å²) < 4.78 is 20.3. The lowest BCUT2D eigenvalue weighted by Gasteiger charge is -2.11. The maximum Gasteiger partial charge on any atom is 0.252 e. The van der Waals surface area contributed by atoms with Crippen molar-refractivity contribution >= 4 is 11.7 Å². The molecule has 0 aliphatic carbocycles. The highest BCUT2D eigenvalue weighted by Crippen LogP contribution is 2.22. The molecule has 0 aliphatic heterocycles. The van der Waals surface area contributed by atoms with Crippen molar-refractivity contribution in [2.45, 2.75) is 33.2 Å². The maximum atomic E-state index is 13.0. The minimum Gasteiger partial charge on any atom is -0.457 e. The Labute approximate surface area is 178 Å². The van der Waals surface area contributed by atoms with Crippen LogP contribution in [-0.4, -0.2) is 25.5 Å². The lowest BCUT2D eigenvalue weighted by molar-refractivity contribution is -0.121. The average Bonchev–Trinajstić information content (AvgIpc) is 3.23. The third-order valence-electron chi connectivity index (χ3n) is 5.05. The summed E-state index contributed by atoms with van der Waals surface area (Å²) in [6.07, 6.45) is 2.41. The van der Waals surface area contributed by atoms with Crippen molar-refractivity contribution in [3.05, 3.63) is 83.2 Å². The van der Waals surface area contributed by atoms with E-state index < -0.39 is 0 Å². The Morgan fingerprint density at radius 1 is 1.06 bits per heavy atom. The van der Waals surface area contributed by atoms with Crippen LogP contribution < -0.4 is 10.1 Å². The average molecular weight is 419 g/mol. The van der Waals surface area contributed by atoms with E-state index in [4.69, 9.17) is 4.74 Å². The van der Waals surface area contributed by atoms with Gasteiger partial charge in [-0.25, -0.2) is 13.9 Å². The number of aromatic nitrogens is 4. The van der Waals surface area contributed by atoms with E-state index in [2.05, 4.69) is 20.4 Å². The molecular weight excluding hydrogens is 397 g/mol. The van der Waals surface area contributed by atoms with Crippen LogP contribution in [0.15, 0.2) is 54.9 Å². The SMILES string of the molecule is Cc1nc2ncnn2c(C)c1CCC(=O)NCc1ccc(Oc2ccc(F)cc2)cc1. The van der Waals surface area contributed by atoms with Gasteiger partial charge in [-0.05, 0) is 67.8 Å². The second kappa shape index (κ2) is 8.91. The molecule has 4 aromatic rings. The van der Waals surface area contributed by atoms with E-state index in [0.717, 1.165) is 22.5 Å². The number of nitrogens with one attached hydrogen (secondary N) is 1. The van der Waals surface area contributed by atoms with Crippen LogP contribution in [0, 0.1) is 19.7 Å². The molecule has 31 heavy (non-hydrogen) atoms. The number of fused-ring (bicyclic) bond motifs is 1. The van der Waals surface area contributed by atoms with Crippen LogP contribution in [-0.2, 0) is 17.8 Å². The Morgan fingerprint density at radius 2 is 1.74 bits per heavy atom. The van der Waals surface area contributed by atoms with Crippen LogP contribution in [0.3, 0.4) is 0 Å². The molecule has 0 saturated heterocycles. The highest BCUT2D eigenvalue weighted by Gasteiger charge is 2.12. The molecule has 0 spiro atoms. The molecule has 0 fully saturated rings. The van der Waals surface area contributed by atoms with E-state index in [0.29, 0.717) is 36.7 Å². The van der Waals surface area contributed by atoms with Gasteiger partial charge in [0.05, 0.1) is 0 Å². The molecule has 158 valence electrons. The predicted octanol–water partition coefficient (Wildman–Crippen LogP) is 3.92. The Hall–Kier alpha value is -3.81. The fourth-order valence-corrected chi connectivity index (χ4v) is 3.36. The zero-order chi connectivity index (χ0) is 21.8. The van der Waals surface area contributed by atoms with Gasteiger partial charge < -0.3 is 10.1 Å². The van der Waals surface area contributed by atoms with Crippen LogP contribution in [0.25, 0.3) is 5.78 Å². The highest BCUT2D eigenvalue weighted by molar-refractivity contribution is 5.76. The summed E-state index contributed by atoms with van der Waals surface area (Å²) in [6, 6.07) is 13.2. The molecule has 0 radical (unpaired) electrons. The van der Waals surface area contributed by atoms with Crippen molar-refractivity contribution in [3.8, 4) is 11.5 Å². The number of hydrogen-bond acceptors (Lipinski definition) is 5. The van der Waals surface area contributed by atoms with Crippen molar-refractivity contribution < 1.29 is 13.9 Å². The van der Waals surface area contributed by atoms with Gasteiger partial charge in [0.1, 0.15) is 23.6 Å². The molecular formula is C23H22FN5O2. The molecule has 0 saturated carbocycles. The van der Waals surface area contributed by atoms with Gasteiger partial charge in [-0.15, -0.1) is 0 Å². The van der Waals surface area contributed by atoms with E-state index in [9.17, 15) is 9.18 Å². The minimum atomic E-state index is -0.307. The number of ether oxygens (including phenoxy) is 1. The van der Waals surface area contributed by atoms with E-state index in [-0.39, 0.29) is 11.7 Å². The van der Waals surface area contributed by atoms with E-state index in [1.807, 2.05) is 38.1 Å². The molecule has 4 rings (SSSR count). The molecule has 8 heteroatoms. The Bertz CT molecular complexity index is 1200. The van der Waals surface area contributed by atoms with Gasteiger partial charge >= 0.3 is 0 Å². The third kappa shape index (κ3) is 4.85. The monoisotopic (exact) mass is 419 g/mol. The summed E-state index contributed by atoms with van der Waals surface area (Å²) in [6.45, 7) is 4.30. The molecule has 7 nitrogen and oxygen atoms in total. The number of rotatable bonds is 7. The fourth-order valence-electron chi connectivity index (χ4n) is 3.36. The number of benzene rings is 2. The van der Waals surface area contributed by atoms with Gasteiger partial charge in [0, 0.05) is 24.4 Å². The van der Waals surface area contributed by atoms with Crippen molar-refractivity contribution in [2.24, 2.45) is 0 Å². The first-order valence-corrected chi connectivity index (χ1v) is 9.94. The van der Waals surface area contributed by atoms with Gasteiger partial charge in [0.25, 0.3) is 5.78 Å². The van der Waals surface area contributed by atoms with Crippen LogP contribution >= 0.6 is 0 Å². The number of carbonyl (C=O) groups excluding carboxylic acids is 1. The summed E-state index contributed by atoms with van der Waals surface area (Å²) in [5, 5.41) is 7.12. The highest BCUT2D eigenvalue weighted by atomic mass is 19.1. The number of halogens is 1. The summed E-state index contributed by atoms with van der Waals surface area (Å²) in [4.78, 5) is 20.9. The third-order valence-corrected chi connectivity index (χ3v) is 5.05. The lowest BCUT2D eigenvalue weighted by atomic mass is 10.1. The van der Waals surface area contributed by atoms with Crippen molar-refractivity contribution in [1.82, 2.24) is 24.9 Å². The molecule has 2 heterocycles. The number of nitrogens with zero attached hydrogens (tertiary/aromatic N) is 4. The molecule has 0 bridgehead atoms. The van der Waals surface area contributed by atoms with E-state index in [1.165, 1.54) is 18.5 Å². The largest absolute Gasteiger partial charge is 0.457 e. The van der Waals surface area contributed by atoms with E-state index >= 15 is 0 Å². The van der Waals surface area contributed by atoms with Crippen LogP contribution in [0.5, 0.6) is 11.5 Å². The summed E-state index contributed by atoms with van der Waals surface area (Å²) >= 11 is 0. The zero-order valence-corrected chi connectivity index (χ0v) is 17.3. The van der Waals surface area contributed by atoms with Gasteiger partial charge in [0.15, 0.2) is 0 Å². The molecule has 2 aromatic heterocycles. The Kier molecular flexibility index (Phi) is 5.88. The maximum absolute atomic E-state index is 13.0. The fraction of sp³-hybridized carbons (Fsp3) is 0.217. The normalized spacial score (nSPS) is 10.9. The van der Waals surface area contributed by atoms with Gasteiger partial charge in [0.2, 0.25) is 5.91 Å². The predicted molar refractivity (Wildman–Crippen MR) is 113 cm³/mol. The first kappa shape index (κ1) is 20.5. The number of aryl methyl sites for hydroxylation is 2. The summed E-state index contributed by atoms with van der Waals surface area (Å²) in [5.74, 6) is 1.42. The van der Waals surface area contributed by atoms with Crippen LogP contribution in [0.4, 0.5) is 4.39 Å². The molecule has 0 aliphatic rings. The quantitative estimate of drug-likeness (QED) is 0.491. The molecule has 0 atom stereocenters. The van der Waals surface area contributed by atoms with E-state index in [1.54, 1.807) is 16.6 Å². The number of hydrogen-bond donors (Lipinski definition) is 1. The second-order valence-corrected chi connectivity index (χ2v) is 7.21. The number of carbonyl (C=O) groups is 1. The van der Waals surface area contributed by atoms with Crippen molar-refractivity contribution in [3.63, 3.8) is 0 Å². The Morgan fingerprint density at radius 3 is 2.45 bits per heavy atom. The second-order valence-electron chi connectivity index (χ2n) is 7.21. The summed E-state index contributed by atoms with van der Waals surface area (Å²) in [7, 11) is 0. The standard InChI is InChI=1S/C23H22FN5O2/c1-15-21(16(2)29-23(28-15)26-14-27-29)11-12-22(30)25-13-17-3-7-19(8-4-17)31-20-9-5-18(24)6-10-20/h3-10,14H,11-13H2,1-2H3,(H,25,30). The van der Waals surface area contributed by atoms with Crippen molar-refractivity contribution in [2.75, 3.05) is 0 Å². The van der Waals surface area contributed by atoms with Gasteiger partial charge in [-0.1, -0.05) is 12.1 Å². The van der Waals surface area contributed by atoms with Crippen molar-refractivity contribution in [1.29, 1.82) is 0 Å². The smallest absolute Gasteiger partial charge is 0.252 e.